The van der Waals surface area contributed by atoms with Crippen LogP contribution in [0.15, 0.2) is 0 Å². The lowest BCUT2D eigenvalue weighted by molar-refractivity contribution is 0.694. The van der Waals surface area contributed by atoms with Crippen LogP contribution in [-0.4, -0.2) is 18.0 Å². The molecule has 0 saturated heterocycles. The predicted molar refractivity (Wildman–Crippen MR) is 80.1 cm³/mol. The molecule has 0 aromatic rings. The minimum atomic E-state index is 0.347. The van der Waals surface area contributed by atoms with E-state index in [9.17, 15) is 0 Å². The second kappa shape index (κ2) is 11.9. The standard InChI is InChI=1S/C15H33P/c1-5-7-9-11-13-16(15(3)4)14-12-10-8-6-2/h15H,5-14H2,1-4H3. The zero-order valence-corrected chi connectivity index (χ0v) is 13.0. The summed E-state index contributed by atoms with van der Waals surface area (Å²) in [5.41, 5.74) is 0.957. The van der Waals surface area contributed by atoms with Gasteiger partial charge in [0.2, 0.25) is 0 Å². The number of rotatable bonds is 11. The molecular formula is C15H33P. The number of hydrogen-bond acceptors (Lipinski definition) is 0. The first-order valence-corrected chi connectivity index (χ1v) is 9.24. The van der Waals surface area contributed by atoms with Gasteiger partial charge in [0.05, 0.1) is 0 Å². The molecule has 0 heterocycles. The zero-order valence-electron chi connectivity index (χ0n) is 12.1. The highest BCUT2D eigenvalue weighted by atomic mass is 31.1. The Balaban J connectivity index is 3.54. The van der Waals surface area contributed by atoms with Crippen LogP contribution in [0.3, 0.4) is 0 Å². The van der Waals surface area contributed by atoms with Gasteiger partial charge in [-0.1, -0.05) is 66.2 Å². The van der Waals surface area contributed by atoms with E-state index in [1.807, 2.05) is 0 Å². The van der Waals surface area contributed by atoms with Gasteiger partial charge in [-0.25, -0.2) is 0 Å². The Hall–Kier alpha value is 0.430. The summed E-state index contributed by atoms with van der Waals surface area (Å²) in [4.78, 5) is 0. The summed E-state index contributed by atoms with van der Waals surface area (Å²) >= 11 is 0. The van der Waals surface area contributed by atoms with Crippen molar-refractivity contribution in [1.82, 2.24) is 0 Å². The molecule has 0 amide bonds. The minimum Gasteiger partial charge on any atom is -0.104 e. The average molecular weight is 244 g/mol. The van der Waals surface area contributed by atoms with E-state index in [-0.39, 0.29) is 0 Å². The highest BCUT2D eigenvalue weighted by Gasteiger charge is 2.11. The second-order valence-electron chi connectivity index (χ2n) is 5.25. The first-order valence-electron chi connectivity index (χ1n) is 7.46. The first-order chi connectivity index (χ1) is 7.72. The SMILES string of the molecule is CCCCCCP(CCCCCC)C(C)C. The quantitative estimate of drug-likeness (QED) is 0.307. The molecule has 16 heavy (non-hydrogen) atoms. The van der Waals surface area contributed by atoms with Crippen LogP contribution in [0, 0.1) is 0 Å². The van der Waals surface area contributed by atoms with Crippen molar-refractivity contribution in [2.45, 2.75) is 84.7 Å². The molecule has 0 atom stereocenters. The van der Waals surface area contributed by atoms with Crippen molar-refractivity contribution in [2.24, 2.45) is 0 Å². The van der Waals surface area contributed by atoms with Crippen LogP contribution in [0.4, 0.5) is 0 Å². The van der Waals surface area contributed by atoms with E-state index in [1.54, 1.807) is 12.3 Å². The van der Waals surface area contributed by atoms with Crippen molar-refractivity contribution in [2.75, 3.05) is 12.3 Å². The monoisotopic (exact) mass is 244 g/mol. The van der Waals surface area contributed by atoms with Crippen molar-refractivity contribution >= 4 is 7.92 Å². The molecule has 0 spiro atoms. The average Bonchev–Trinajstić information content (AvgIpc) is 2.26. The molecule has 0 aromatic heterocycles. The Bertz CT molecular complexity index is 119. The predicted octanol–water partition coefficient (Wildman–Crippen LogP) is 6.04. The van der Waals surface area contributed by atoms with Crippen LogP contribution in [0.2, 0.25) is 0 Å². The summed E-state index contributed by atoms with van der Waals surface area (Å²) in [5.74, 6) is 0. The topological polar surface area (TPSA) is 0 Å². The lowest BCUT2D eigenvalue weighted by Crippen LogP contribution is -2.01. The molecule has 0 aromatic carbocycles. The van der Waals surface area contributed by atoms with E-state index in [0.29, 0.717) is 7.92 Å². The van der Waals surface area contributed by atoms with Crippen molar-refractivity contribution in [1.29, 1.82) is 0 Å². The van der Waals surface area contributed by atoms with Gasteiger partial charge in [-0.05, 0) is 30.8 Å². The van der Waals surface area contributed by atoms with Crippen molar-refractivity contribution < 1.29 is 0 Å². The third-order valence-electron chi connectivity index (χ3n) is 3.33. The molecule has 0 fully saturated rings. The Morgan fingerprint density at radius 1 is 0.688 bits per heavy atom. The molecule has 0 N–H and O–H groups in total. The van der Waals surface area contributed by atoms with Crippen molar-refractivity contribution in [3.63, 3.8) is 0 Å². The Kier molecular flexibility index (Phi) is 12.2. The molecule has 0 aliphatic carbocycles. The van der Waals surface area contributed by atoms with Gasteiger partial charge >= 0.3 is 0 Å². The minimum absolute atomic E-state index is 0.347. The van der Waals surface area contributed by atoms with Crippen molar-refractivity contribution in [3.8, 4) is 0 Å². The molecule has 0 nitrogen and oxygen atoms in total. The normalized spacial score (nSPS) is 11.6. The summed E-state index contributed by atoms with van der Waals surface area (Å²) < 4.78 is 0. The Morgan fingerprint density at radius 2 is 1.12 bits per heavy atom. The summed E-state index contributed by atoms with van der Waals surface area (Å²) in [6, 6.07) is 0. The van der Waals surface area contributed by atoms with Gasteiger partial charge in [0.1, 0.15) is 0 Å². The summed E-state index contributed by atoms with van der Waals surface area (Å²) in [5, 5.41) is 0. The largest absolute Gasteiger partial charge is 0.104 e. The fourth-order valence-electron chi connectivity index (χ4n) is 2.11. The van der Waals surface area contributed by atoms with Crippen LogP contribution in [-0.2, 0) is 0 Å². The first kappa shape index (κ1) is 16.4. The third kappa shape index (κ3) is 9.64. The third-order valence-corrected chi connectivity index (χ3v) is 6.57. The van der Waals surface area contributed by atoms with Crippen LogP contribution in [0.1, 0.15) is 79.1 Å². The van der Waals surface area contributed by atoms with Gasteiger partial charge in [-0.15, -0.1) is 7.92 Å². The summed E-state index contributed by atoms with van der Waals surface area (Å²) in [6.07, 6.45) is 14.6. The highest BCUT2D eigenvalue weighted by molar-refractivity contribution is 7.58. The maximum atomic E-state index is 2.44. The Labute approximate surface area is 105 Å². The highest BCUT2D eigenvalue weighted by Crippen LogP contribution is 2.43. The molecule has 98 valence electrons. The molecule has 1 heteroatoms. The Morgan fingerprint density at radius 3 is 1.44 bits per heavy atom. The second-order valence-corrected chi connectivity index (χ2v) is 8.36. The fourth-order valence-corrected chi connectivity index (χ4v) is 4.63. The smallest absolute Gasteiger partial charge is 0.0266 e. The molecule has 0 unspecified atom stereocenters. The number of hydrogen-bond donors (Lipinski definition) is 0. The van der Waals surface area contributed by atoms with Crippen molar-refractivity contribution in [3.05, 3.63) is 0 Å². The molecule has 0 aliphatic rings. The van der Waals surface area contributed by atoms with Crippen LogP contribution in [0.5, 0.6) is 0 Å². The molecule has 0 bridgehead atoms. The fraction of sp³-hybridized carbons (Fsp3) is 1.00. The maximum absolute atomic E-state index is 2.44. The van der Waals surface area contributed by atoms with Crippen LogP contribution in [0.25, 0.3) is 0 Å². The van der Waals surface area contributed by atoms with E-state index < -0.39 is 0 Å². The maximum Gasteiger partial charge on any atom is -0.0266 e. The van der Waals surface area contributed by atoms with E-state index in [2.05, 4.69) is 27.7 Å². The van der Waals surface area contributed by atoms with E-state index in [0.717, 1.165) is 5.66 Å². The summed E-state index contributed by atoms with van der Waals surface area (Å²) in [7, 11) is 0.347. The van der Waals surface area contributed by atoms with E-state index >= 15 is 0 Å². The molecule has 0 saturated carbocycles. The molecule has 0 radical (unpaired) electrons. The van der Waals surface area contributed by atoms with Gasteiger partial charge in [0.15, 0.2) is 0 Å². The van der Waals surface area contributed by atoms with Gasteiger partial charge in [0.25, 0.3) is 0 Å². The summed E-state index contributed by atoms with van der Waals surface area (Å²) in [6.45, 7) is 9.47. The molecular weight excluding hydrogens is 211 g/mol. The number of unbranched alkanes of at least 4 members (excludes halogenated alkanes) is 6. The molecule has 0 rings (SSSR count). The van der Waals surface area contributed by atoms with E-state index in [1.165, 1.54) is 51.4 Å². The molecule has 0 aliphatic heterocycles. The van der Waals surface area contributed by atoms with Gasteiger partial charge in [0, 0.05) is 0 Å². The van der Waals surface area contributed by atoms with Crippen LogP contribution >= 0.6 is 7.92 Å². The zero-order chi connectivity index (χ0) is 12.2. The van der Waals surface area contributed by atoms with Gasteiger partial charge in [-0.2, -0.15) is 0 Å². The lowest BCUT2D eigenvalue weighted by atomic mass is 10.2. The van der Waals surface area contributed by atoms with Gasteiger partial charge in [-0.3, -0.25) is 0 Å². The van der Waals surface area contributed by atoms with Crippen LogP contribution < -0.4 is 0 Å². The lowest BCUT2D eigenvalue weighted by Gasteiger charge is -2.21. The van der Waals surface area contributed by atoms with E-state index in [4.69, 9.17) is 0 Å². The van der Waals surface area contributed by atoms with Gasteiger partial charge < -0.3 is 0 Å².